The van der Waals surface area contributed by atoms with Crippen molar-refractivity contribution in [1.82, 2.24) is 25.1 Å². The van der Waals surface area contributed by atoms with Crippen molar-refractivity contribution in [2.24, 2.45) is 16.1 Å². The first-order valence-electron chi connectivity index (χ1n) is 19.0. The van der Waals surface area contributed by atoms with Crippen LogP contribution < -0.4 is 24.8 Å². The number of aromatic nitrogens is 2. The number of fused-ring (bicyclic) bond motifs is 1. The zero-order chi connectivity index (χ0) is 41.0. The van der Waals surface area contributed by atoms with Gasteiger partial charge >= 0.3 is 0 Å². The Morgan fingerprint density at radius 3 is 2.50 bits per heavy atom. The molecule has 306 valence electrons. The van der Waals surface area contributed by atoms with Crippen molar-refractivity contribution in [1.29, 1.82) is 0 Å². The van der Waals surface area contributed by atoms with Crippen LogP contribution in [0.25, 0.3) is 0 Å². The number of methoxy groups -OCH3 is 2. The smallest absolute Gasteiger partial charge is 0.255 e. The average Bonchev–Trinajstić information content (AvgIpc) is 3.96. The summed E-state index contributed by atoms with van der Waals surface area (Å²) in [6, 6.07) is 7.83. The van der Waals surface area contributed by atoms with E-state index in [0.717, 1.165) is 35.9 Å². The van der Waals surface area contributed by atoms with Crippen molar-refractivity contribution in [2.75, 3.05) is 45.8 Å². The lowest BCUT2D eigenvalue weighted by atomic mass is 9.94. The van der Waals surface area contributed by atoms with Gasteiger partial charge in [-0.2, -0.15) is 10.2 Å². The van der Waals surface area contributed by atoms with E-state index in [0.29, 0.717) is 69.7 Å². The number of hydrogen-bond donors (Lipinski definition) is 2. The molecule has 2 aromatic heterocycles. The van der Waals surface area contributed by atoms with Gasteiger partial charge in [0.2, 0.25) is 29.4 Å². The number of azo groups is 1. The lowest BCUT2D eigenvalue weighted by molar-refractivity contribution is -0.137. The molecular formula is C40H46N8O8S2. The zero-order valence-corrected chi connectivity index (χ0v) is 34.7. The van der Waals surface area contributed by atoms with Gasteiger partial charge in [0.25, 0.3) is 5.91 Å². The topological polar surface area (TPSA) is 190 Å². The first-order valence-corrected chi connectivity index (χ1v) is 20.8. The van der Waals surface area contributed by atoms with Gasteiger partial charge in [-0.15, -0.1) is 11.8 Å². The van der Waals surface area contributed by atoms with Crippen LogP contribution in [0, 0.1) is 5.92 Å². The van der Waals surface area contributed by atoms with E-state index in [1.165, 1.54) is 30.5 Å². The molecule has 2 saturated heterocycles. The number of nitrogens with one attached hydrogen (secondary N) is 2. The minimum absolute atomic E-state index is 0.0182. The molecule has 2 fully saturated rings. The molecule has 5 heterocycles. The molecule has 18 heteroatoms. The third-order valence-corrected chi connectivity index (χ3v) is 12.3. The van der Waals surface area contributed by atoms with Crippen LogP contribution in [0.2, 0.25) is 0 Å². The van der Waals surface area contributed by atoms with Crippen molar-refractivity contribution >= 4 is 63.2 Å². The number of nitrogens with zero attached hydrogens (tertiary/aromatic N) is 6. The second-order valence-electron chi connectivity index (χ2n) is 15.2. The number of carbonyl (C=O) groups excluding carboxylic acids is 4. The molecule has 0 bridgehead atoms. The number of anilines is 1. The number of benzene rings is 2. The van der Waals surface area contributed by atoms with Gasteiger partial charge in [0, 0.05) is 54.1 Å². The molecule has 0 spiro atoms. The summed E-state index contributed by atoms with van der Waals surface area (Å²) in [5.41, 5.74) is 1.94. The molecule has 4 aromatic rings. The van der Waals surface area contributed by atoms with Crippen LogP contribution in [0.3, 0.4) is 0 Å². The second-order valence-corrected chi connectivity index (χ2v) is 17.5. The highest BCUT2D eigenvalue weighted by Gasteiger charge is 2.40. The molecule has 0 radical (unpaired) electrons. The number of thiazole rings is 1. The lowest BCUT2D eigenvalue weighted by Crippen LogP contribution is -2.52. The molecule has 16 nitrogen and oxygen atoms in total. The van der Waals surface area contributed by atoms with Gasteiger partial charge < -0.3 is 28.8 Å². The number of thioether (sulfide) groups is 1. The number of rotatable bonds is 14. The fraction of sp³-hybridized carbons (Fsp3) is 0.450. The molecule has 7 rings (SSSR count). The van der Waals surface area contributed by atoms with Crippen molar-refractivity contribution in [3.05, 3.63) is 65.5 Å². The number of amides is 4. The predicted octanol–water partition coefficient (Wildman–Crippen LogP) is 6.64. The molecule has 4 amide bonds. The highest BCUT2D eigenvalue weighted by molar-refractivity contribution is 8.00. The molecule has 2 aromatic carbocycles. The fourth-order valence-electron chi connectivity index (χ4n) is 6.98. The van der Waals surface area contributed by atoms with Gasteiger partial charge in [-0.1, -0.05) is 38.2 Å². The average molecular weight is 831 g/mol. The SMILES string of the molecule is COc1cc(N=Nc2cccc3c2CN(C2CCC(=O)NC2=O)C3=O)cc(OC)c1OCCN1CCC(C(=O)Nc2ncc(SCc3ncc(C(C)(C)C)o3)s2)CC1. The van der Waals surface area contributed by atoms with Crippen LogP contribution in [-0.2, 0) is 32.1 Å². The van der Waals surface area contributed by atoms with Gasteiger partial charge in [-0.3, -0.25) is 29.4 Å². The highest BCUT2D eigenvalue weighted by atomic mass is 32.2. The van der Waals surface area contributed by atoms with E-state index in [4.69, 9.17) is 18.6 Å². The highest BCUT2D eigenvalue weighted by Crippen LogP contribution is 2.42. The monoisotopic (exact) mass is 830 g/mol. The summed E-state index contributed by atoms with van der Waals surface area (Å²) in [6.07, 6.45) is 5.44. The maximum Gasteiger partial charge on any atom is 0.255 e. The van der Waals surface area contributed by atoms with Gasteiger partial charge in [-0.05, 0) is 44.5 Å². The van der Waals surface area contributed by atoms with Gasteiger partial charge in [0.05, 0.1) is 48.0 Å². The van der Waals surface area contributed by atoms with Crippen LogP contribution in [-0.4, -0.2) is 89.9 Å². The number of likely N-dealkylation sites (tertiary alicyclic amines) is 1. The number of carbonyl (C=O) groups is 4. The van der Waals surface area contributed by atoms with Crippen molar-refractivity contribution in [3.8, 4) is 17.2 Å². The largest absolute Gasteiger partial charge is 0.493 e. The maximum atomic E-state index is 13.2. The van der Waals surface area contributed by atoms with Crippen LogP contribution in [0.15, 0.2) is 61.6 Å². The molecule has 0 saturated carbocycles. The van der Waals surface area contributed by atoms with E-state index >= 15 is 0 Å². The lowest BCUT2D eigenvalue weighted by Gasteiger charge is -2.31. The quantitative estimate of drug-likeness (QED) is 0.0784. The van der Waals surface area contributed by atoms with E-state index in [2.05, 4.69) is 56.5 Å². The Morgan fingerprint density at radius 1 is 1.05 bits per heavy atom. The Labute approximate surface area is 344 Å². The van der Waals surface area contributed by atoms with Crippen LogP contribution in [0.4, 0.5) is 16.5 Å². The maximum absolute atomic E-state index is 13.2. The molecule has 1 atom stereocenters. The zero-order valence-electron chi connectivity index (χ0n) is 33.0. The normalized spacial score (nSPS) is 17.8. The first kappa shape index (κ1) is 40.9. The van der Waals surface area contributed by atoms with Gasteiger partial charge in [-0.25, -0.2) is 9.97 Å². The third-order valence-electron chi connectivity index (χ3n) is 10.2. The molecular weight excluding hydrogens is 785 g/mol. The van der Waals surface area contributed by atoms with E-state index < -0.39 is 11.9 Å². The van der Waals surface area contributed by atoms with Crippen LogP contribution in [0.1, 0.15) is 74.0 Å². The van der Waals surface area contributed by atoms with Crippen molar-refractivity contribution in [2.45, 2.75) is 74.4 Å². The van der Waals surface area contributed by atoms with Gasteiger partial charge in [0.1, 0.15) is 18.4 Å². The Hall–Kier alpha value is -5.33. The number of oxazole rings is 1. The summed E-state index contributed by atoms with van der Waals surface area (Å²) in [5.74, 6) is 2.14. The summed E-state index contributed by atoms with van der Waals surface area (Å²) >= 11 is 3.02. The van der Waals surface area contributed by atoms with E-state index in [1.807, 2.05) is 0 Å². The van der Waals surface area contributed by atoms with Crippen LogP contribution >= 0.6 is 23.1 Å². The number of piperidine rings is 2. The Bertz CT molecular complexity index is 2180. The summed E-state index contributed by atoms with van der Waals surface area (Å²) in [5, 5.41) is 14.8. The molecule has 0 aliphatic carbocycles. The van der Waals surface area contributed by atoms with E-state index in [9.17, 15) is 19.2 Å². The number of imide groups is 1. The molecule has 1 unspecified atom stereocenters. The van der Waals surface area contributed by atoms with Crippen LogP contribution in [0.5, 0.6) is 17.2 Å². The summed E-state index contributed by atoms with van der Waals surface area (Å²) in [4.78, 5) is 63.0. The standard InChI is InChI=1S/C40H46N8O8S2/c1-40(2,3)31-19-41-33(56-31)22-57-34-20-42-39(58-34)44-36(50)23-11-13-47(14-12-23)15-16-55-35-29(53-4)17-24(18-30(35)54-5)45-46-27-8-6-7-25-26(27)21-48(38(25)52)28-9-10-32(49)43-37(28)51/h6-8,17-20,23,28H,9-16,21-22H2,1-5H3,(H,42,44,50)(H,43,49,51). The minimum atomic E-state index is -0.726. The molecule has 58 heavy (non-hydrogen) atoms. The summed E-state index contributed by atoms with van der Waals surface area (Å²) in [7, 11) is 3.06. The predicted molar refractivity (Wildman–Crippen MR) is 216 cm³/mol. The Morgan fingerprint density at radius 2 is 1.81 bits per heavy atom. The number of ether oxygens (including phenoxy) is 3. The second kappa shape index (κ2) is 17.7. The minimum Gasteiger partial charge on any atom is -0.493 e. The van der Waals surface area contributed by atoms with E-state index in [-0.39, 0.29) is 48.4 Å². The number of hydrogen-bond acceptors (Lipinski definition) is 15. The fourth-order valence-corrected chi connectivity index (χ4v) is 8.71. The van der Waals surface area contributed by atoms with Crippen molar-refractivity contribution in [3.63, 3.8) is 0 Å². The third kappa shape index (κ3) is 9.34. The molecule has 3 aliphatic rings. The Kier molecular flexibility index (Phi) is 12.4. The Balaban J connectivity index is 0.887. The van der Waals surface area contributed by atoms with E-state index in [1.54, 1.807) is 54.5 Å². The first-order chi connectivity index (χ1) is 27.9. The van der Waals surface area contributed by atoms with Crippen molar-refractivity contribution < 1.29 is 37.8 Å². The summed E-state index contributed by atoms with van der Waals surface area (Å²) < 4.78 is 24.4. The summed E-state index contributed by atoms with van der Waals surface area (Å²) in [6.45, 7) is 8.95. The molecule has 3 aliphatic heterocycles. The van der Waals surface area contributed by atoms with Gasteiger partial charge in [0.15, 0.2) is 16.6 Å². The molecule has 2 N–H and O–H groups in total.